The molecule has 3 heteroatoms. The molecule has 16 heavy (non-hydrogen) atoms. The molecule has 1 amide bonds. The summed E-state index contributed by atoms with van der Waals surface area (Å²) in [5, 5.41) is 2.87. The Kier molecular flexibility index (Phi) is 3.22. The van der Waals surface area contributed by atoms with Gasteiger partial charge in [-0.05, 0) is 43.5 Å². The van der Waals surface area contributed by atoms with Crippen LogP contribution in [0.4, 0.5) is 10.1 Å². The second-order valence-electron chi connectivity index (χ2n) is 4.43. The van der Waals surface area contributed by atoms with Crippen molar-refractivity contribution in [3.63, 3.8) is 0 Å². The van der Waals surface area contributed by atoms with E-state index in [1.165, 1.54) is 12.1 Å². The molecule has 1 N–H and O–H groups in total. The summed E-state index contributed by atoms with van der Waals surface area (Å²) in [7, 11) is 0. The van der Waals surface area contributed by atoms with Crippen molar-refractivity contribution in [1.82, 2.24) is 0 Å². The molecule has 1 aliphatic carbocycles. The smallest absolute Gasteiger partial charge is 0.227 e. The van der Waals surface area contributed by atoms with Gasteiger partial charge in [-0.2, -0.15) is 0 Å². The van der Waals surface area contributed by atoms with Crippen molar-refractivity contribution in [1.29, 1.82) is 0 Å². The van der Waals surface area contributed by atoms with Gasteiger partial charge in [0.15, 0.2) is 0 Å². The van der Waals surface area contributed by atoms with E-state index in [1.807, 2.05) is 0 Å². The van der Waals surface area contributed by atoms with Crippen molar-refractivity contribution >= 4 is 11.6 Å². The minimum absolute atomic E-state index is 0.0761. The van der Waals surface area contributed by atoms with E-state index < -0.39 is 0 Å². The van der Waals surface area contributed by atoms with E-state index in [-0.39, 0.29) is 17.6 Å². The van der Waals surface area contributed by atoms with Gasteiger partial charge in [-0.3, -0.25) is 4.79 Å². The van der Waals surface area contributed by atoms with Crippen molar-refractivity contribution in [3.05, 3.63) is 29.6 Å². The van der Waals surface area contributed by atoms with Crippen LogP contribution in [-0.2, 0) is 4.79 Å². The topological polar surface area (TPSA) is 29.1 Å². The Morgan fingerprint density at radius 2 is 2.06 bits per heavy atom. The predicted octanol–water partition coefficient (Wildman–Crippen LogP) is 3.26. The Hall–Kier alpha value is -1.38. The molecule has 0 atom stereocenters. The third-order valence-corrected chi connectivity index (χ3v) is 3.17. The summed E-state index contributed by atoms with van der Waals surface area (Å²) in [4.78, 5) is 11.8. The number of carbonyl (C=O) groups excluding carboxylic acids is 1. The molecule has 1 fully saturated rings. The molecule has 0 saturated heterocycles. The first-order valence-corrected chi connectivity index (χ1v) is 5.74. The van der Waals surface area contributed by atoms with Gasteiger partial charge in [0.05, 0.1) is 0 Å². The number of hydrogen-bond donors (Lipinski definition) is 1. The summed E-state index contributed by atoms with van der Waals surface area (Å²) in [5.74, 6) is -0.0481. The number of rotatable bonds is 2. The first-order valence-electron chi connectivity index (χ1n) is 5.74. The van der Waals surface area contributed by atoms with Crippen LogP contribution in [0.2, 0.25) is 0 Å². The van der Waals surface area contributed by atoms with Crippen molar-refractivity contribution < 1.29 is 9.18 Å². The number of aryl methyl sites for hydroxylation is 1. The Bertz CT molecular complexity index is 397. The zero-order valence-electron chi connectivity index (χ0n) is 9.42. The van der Waals surface area contributed by atoms with E-state index in [1.54, 1.807) is 13.0 Å². The minimum Gasteiger partial charge on any atom is -0.326 e. The third kappa shape index (κ3) is 2.40. The molecular weight excluding hydrogens is 205 g/mol. The second kappa shape index (κ2) is 4.64. The third-order valence-electron chi connectivity index (χ3n) is 3.17. The van der Waals surface area contributed by atoms with Gasteiger partial charge >= 0.3 is 0 Å². The normalized spacial score (nSPS) is 16.4. The van der Waals surface area contributed by atoms with Crippen molar-refractivity contribution in [2.75, 3.05) is 5.32 Å². The highest BCUT2D eigenvalue weighted by Crippen LogP contribution is 2.26. The minimum atomic E-state index is -0.267. The maximum atomic E-state index is 12.9. The molecule has 1 saturated carbocycles. The summed E-state index contributed by atoms with van der Waals surface area (Å²) in [6.07, 6.45) is 4.24. The lowest BCUT2D eigenvalue weighted by molar-refractivity contribution is -0.119. The summed E-state index contributed by atoms with van der Waals surface area (Å²) in [6, 6.07) is 4.43. The van der Waals surface area contributed by atoms with E-state index in [2.05, 4.69) is 5.32 Å². The number of hydrogen-bond acceptors (Lipinski definition) is 1. The van der Waals surface area contributed by atoms with Gasteiger partial charge in [-0.15, -0.1) is 0 Å². The largest absolute Gasteiger partial charge is 0.326 e. The predicted molar refractivity (Wildman–Crippen MR) is 61.7 cm³/mol. The zero-order chi connectivity index (χ0) is 11.5. The monoisotopic (exact) mass is 221 g/mol. The van der Waals surface area contributed by atoms with Crippen LogP contribution in [0.25, 0.3) is 0 Å². The molecular formula is C13H16FNO. The van der Waals surface area contributed by atoms with Gasteiger partial charge in [-0.25, -0.2) is 4.39 Å². The van der Waals surface area contributed by atoms with Crippen LogP contribution in [0.3, 0.4) is 0 Å². The highest BCUT2D eigenvalue weighted by atomic mass is 19.1. The van der Waals surface area contributed by atoms with Crippen LogP contribution in [0.5, 0.6) is 0 Å². The highest BCUT2D eigenvalue weighted by Gasteiger charge is 2.22. The number of nitrogens with one attached hydrogen (secondary N) is 1. The molecule has 1 aromatic rings. The van der Waals surface area contributed by atoms with Crippen LogP contribution < -0.4 is 5.32 Å². The molecule has 86 valence electrons. The fourth-order valence-corrected chi connectivity index (χ4v) is 2.19. The fourth-order valence-electron chi connectivity index (χ4n) is 2.19. The summed E-state index contributed by atoms with van der Waals surface area (Å²) in [5.41, 5.74) is 1.49. The standard InChI is InChI=1S/C13H16FNO/c1-9-8-11(14)6-7-12(9)15-13(16)10-4-2-3-5-10/h6-8,10H,2-5H2,1H3,(H,15,16). The molecule has 1 aliphatic rings. The Morgan fingerprint density at radius 3 is 2.69 bits per heavy atom. The summed E-state index contributed by atoms with van der Waals surface area (Å²) >= 11 is 0. The lowest BCUT2D eigenvalue weighted by Crippen LogP contribution is -2.20. The maximum Gasteiger partial charge on any atom is 0.227 e. The number of halogens is 1. The van der Waals surface area contributed by atoms with Gasteiger partial charge in [-0.1, -0.05) is 12.8 Å². The maximum absolute atomic E-state index is 12.9. The van der Waals surface area contributed by atoms with Crippen LogP contribution in [-0.4, -0.2) is 5.91 Å². The Labute approximate surface area is 94.9 Å². The Morgan fingerprint density at radius 1 is 1.38 bits per heavy atom. The van der Waals surface area contributed by atoms with E-state index in [0.717, 1.165) is 36.9 Å². The first kappa shape index (κ1) is 11.1. The van der Waals surface area contributed by atoms with Gasteiger partial charge in [0, 0.05) is 11.6 Å². The van der Waals surface area contributed by atoms with Crippen LogP contribution in [0.15, 0.2) is 18.2 Å². The SMILES string of the molecule is Cc1cc(F)ccc1NC(=O)C1CCCC1. The molecule has 0 aliphatic heterocycles. The molecule has 0 aromatic heterocycles. The average Bonchev–Trinajstić information content (AvgIpc) is 2.75. The molecule has 2 nitrogen and oxygen atoms in total. The zero-order valence-corrected chi connectivity index (χ0v) is 9.42. The average molecular weight is 221 g/mol. The summed E-state index contributed by atoms with van der Waals surface area (Å²) < 4.78 is 12.9. The molecule has 0 heterocycles. The quantitative estimate of drug-likeness (QED) is 0.816. The van der Waals surface area contributed by atoms with E-state index in [4.69, 9.17) is 0 Å². The molecule has 0 spiro atoms. The number of amides is 1. The van der Waals surface area contributed by atoms with Crippen molar-refractivity contribution in [2.24, 2.45) is 5.92 Å². The van der Waals surface area contributed by atoms with E-state index >= 15 is 0 Å². The van der Waals surface area contributed by atoms with E-state index in [9.17, 15) is 9.18 Å². The van der Waals surface area contributed by atoms with Crippen LogP contribution in [0, 0.1) is 18.7 Å². The number of anilines is 1. The second-order valence-corrected chi connectivity index (χ2v) is 4.43. The molecule has 2 rings (SSSR count). The summed E-state index contributed by atoms with van der Waals surface area (Å²) in [6.45, 7) is 1.80. The fraction of sp³-hybridized carbons (Fsp3) is 0.462. The number of benzene rings is 1. The highest BCUT2D eigenvalue weighted by molar-refractivity contribution is 5.93. The van der Waals surface area contributed by atoms with Gasteiger partial charge in [0.1, 0.15) is 5.82 Å². The van der Waals surface area contributed by atoms with Crippen molar-refractivity contribution in [3.8, 4) is 0 Å². The molecule has 0 bridgehead atoms. The first-order chi connectivity index (χ1) is 7.66. The van der Waals surface area contributed by atoms with Crippen LogP contribution >= 0.6 is 0 Å². The van der Waals surface area contributed by atoms with Gasteiger partial charge in [0.25, 0.3) is 0 Å². The number of carbonyl (C=O) groups is 1. The molecule has 1 aromatic carbocycles. The van der Waals surface area contributed by atoms with Gasteiger partial charge < -0.3 is 5.32 Å². The van der Waals surface area contributed by atoms with Crippen LogP contribution in [0.1, 0.15) is 31.2 Å². The lowest BCUT2D eigenvalue weighted by atomic mass is 10.1. The van der Waals surface area contributed by atoms with Gasteiger partial charge in [0.2, 0.25) is 5.91 Å². The molecule has 0 unspecified atom stereocenters. The van der Waals surface area contributed by atoms with Crippen molar-refractivity contribution in [2.45, 2.75) is 32.6 Å². The van der Waals surface area contributed by atoms with E-state index in [0.29, 0.717) is 0 Å². The molecule has 0 radical (unpaired) electrons. The lowest BCUT2D eigenvalue weighted by Gasteiger charge is -2.12. The Balaban J connectivity index is 2.05.